The first-order valence-corrected chi connectivity index (χ1v) is 11.1. The van der Waals surface area contributed by atoms with Crippen LogP contribution in [0.3, 0.4) is 0 Å². The summed E-state index contributed by atoms with van der Waals surface area (Å²) in [5.41, 5.74) is 2.77. The predicted octanol–water partition coefficient (Wildman–Crippen LogP) is 3.79. The van der Waals surface area contributed by atoms with Crippen LogP contribution in [0.1, 0.15) is 41.8 Å². The number of aryl methyl sites for hydroxylation is 1. The molecule has 0 aromatic heterocycles. The van der Waals surface area contributed by atoms with Crippen LogP contribution in [0, 0.1) is 19.8 Å². The molecule has 0 radical (unpaired) electrons. The lowest BCUT2D eigenvalue weighted by Crippen LogP contribution is -2.24. The maximum absolute atomic E-state index is 12.7. The van der Waals surface area contributed by atoms with Crippen molar-refractivity contribution in [3.05, 3.63) is 53.1 Å². The van der Waals surface area contributed by atoms with Gasteiger partial charge in [-0.2, -0.15) is 0 Å². The van der Waals surface area contributed by atoms with E-state index in [-0.39, 0.29) is 22.3 Å². The zero-order chi connectivity index (χ0) is 22.6. The average molecular weight is 432 g/mol. The van der Waals surface area contributed by atoms with Crippen LogP contribution in [0.2, 0.25) is 0 Å². The van der Waals surface area contributed by atoms with E-state index in [1.165, 1.54) is 20.2 Å². The summed E-state index contributed by atoms with van der Waals surface area (Å²) in [6, 6.07) is 9.84. The summed E-state index contributed by atoms with van der Waals surface area (Å²) < 4.78 is 26.3. The van der Waals surface area contributed by atoms with Gasteiger partial charge in [0.05, 0.1) is 4.90 Å². The van der Waals surface area contributed by atoms with Gasteiger partial charge in [-0.15, -0.1) is 0 Å². The number of rotatable bonds is 7. The van der Waals surface area contributed by atoms with Gasteiger partial charge >= 0.3 is 0 Å². The minimum Gasteiger partial charge on any atom is -0.326 e. The Bertz CT molecular complexity index is 1040. The molecule has 0 aliphatic carbocycles. The van der Waals surface area contributed by atoms with Crippen LogP contribution in [-0.4, -0.2) is 38.6 Å². The summed E-state index contributed by atoms with van der Waals surface area (Å²) >= 11 is 0. The molecule has 8 heteroatoms. The first kappa shape index (κ1) is 23.6. The maximum Gasteiger partial charge on any atom is 0.255 e. The highest BCUT2D eigenvalue weighted by Crippen LogP contribution is 2.24. The van der Waals surface area contributed by atoms with Gasteiger partial charge in [-0.1, -0.05) is 13.8 Å². The van der Waals surface area contributed by atoms with Gasteiger partial charge in [0.25, 0.3) is 5.91 Å². The number of hydrogen-bond acceptors (Lipinski definition) is 4. The van der Waals surface area contributed by atoms with E-state index in [1.807, 2.05) is 13.8 Å². The Labute approximate surface area is 178 Å². The highest BCUT2D eigenvalue weighted by Gasteiger charge is 2.23. The van der Waals surface area contributed by atoms with E-state index in [9.17, 15) is 18.0 Å². The lowest BCUT2D eigenvalue weighted by molar-refractivity contribution is -0.116. The van der Waals surface area contributed by atoms with Crippen molar-refractivity contribution in [3.63, 3.8) is 0 Å². The van der Waals surface area contributed by atoms with Gasteiger partial charge in [0.2, 0.25) is 15.9 Å². The Morgan fingerprint density at radius 3 is 2.00 bits per heavy atom. The SMILES string of the molecule is Cc1cc(C(=O)Nc2ccc(NC(=O)CC(C)C)cc2)cc(S(=O)(=O)N(C)C)c1C. The van der Waals surface area contributed by atoms with Gasteiger partial charge in [0.15, 0.2) is 0 Å². The van der Waals surface area contributed by atoms with E-state index < -0.39 is 15.9 Å². The summed E-state index contributed by atoms with van der Waals surface area (Å²) in [5.74, 6) is -0.209. The molecule has 162 valence electrons. The van der Waals surface area contributed by atoms with Crippen LogP contribution in [0.15, 0.2) is 41.3 Å². The standard InChI is InChI=1S/C22H29N3O4S/c1-14(2)11-21(26)23-18-7-9-19(10-8-18)24-22(27)17-12-15(3)16(4)20(13-17)30(28,29)25(5)6/h7-10,12-14H,11H2,1-6H3,(H,23,26)(H,24,27). The van der Waals surface area contributed by atoms with Gasteiger partial charge in [-0.25, -0.2) is 12.7 Å². The Morgan fingerprint density at radius 2 is 1.50 bits per heavy atom. The largest absolute Gasteiger partial charge is 0.326 e. The van der Waals surface area contributed by atoms with E-state index >= 15 is 0 Å². The first-order valence-electron chi connectivity index (χ1n) is 9.67. The van der Waals surface area contributed by atoms with Gasteiger partial charge in [-0.05, 0) is 67.3 Å². The van der Waals surface area contributed by atoms with Crippen molar-refractivity contribution in [2.75, 3.05) is 24.7 Å². The fraction of sp³-hybridized carbons (Fsp3) is 0.364. The molecule has 2 N–H and O–H groups in total. The zero-order valence-electron chi connectivity index (χ0n) is 18.2. The van der Waals surface area contributed by atoms with E-state index in [0.717, 1.165) is 4.31 Å². The zero-order valence-corrected chi connectivity index (χ0v) is 19.1. The first-order chi connectivity index (χ1) is 13.9. The van der Waals surface area contributed by atoms with Crippen molar-refractivity contribution in [1.29, 1.82) is 0 Å². The Hall–Kier alpha value is -2.71. The van der Waals surface area contributed by atoms with E-state index in [1.54, 1.807) is 44.2 Å². The smallest absolute Gasteiger partial charge is 0.255 e. The predicted molar refractivity (Wildman–Crippen MR) is 119 cm³/mol. The van der Waals surface area contributed by atoms with Gasteiger partial charge in [0.1, 0.15) is 0 Å². The normalized spacial score (nSPS) is 11.6. The molecule has 0 heterocycles. The molecule has 0 aliphatic rings. The molecule has 0 spiro atoms. The third-order valence-corrected chi connectivity index (χ3v) is 6.60. The molecular weight excluding hydrogens is 402 g/mol. The number of carbonyl (C=O) groups is 2. The summed E-state index contributed by atoms with van der Waals surface area (Å²) in [6.07, 6.45) is 0.434. The lowest BCUT2D eigenvalue weighted by Gasteiger charge is -2.16. The van der Waals surface area contributed by atoms with E-state index in [2.05, 4.69) is 10.6 Å². The van der Waals surface area contributed by atoms with Crippen LogP contribution in [0.4, 0.5) is 11.4 Å². The third kappa shape index (κ3) is 5.67. The fourth-order valence-corrected chi connectivity index (χ4v) is 4.06. The monoisotopic (exact) mass is 431 g/mol. The number of nitrogens with zero attached hydrogens (tertiary/aromatic N) is 1. The molecule has 0 bridgehead atoms. The molecule has 0 saturated heterocycles. The molecule has 7 nitrogen and oxygen atoms in total. The molecule has 0 unspecified atom stereocenters. The number of amides is 2. The van der Waals surface area contributed by atoms with Crippen molar-refractivity contribution >= 4 is 33.2 Å². The van der Waals surface area contributed by atoms with Crippen LogP contribution in [0.25, 0.3) is 0 Å². The molecule has 2 aromatic rings. The van der Waals surface area contributed by atoms with Crippen molar-refractivity contribution in [2.45, 2.75) is 39.0 Å². The Kier molecular flexibility index (Phi) is 7.39. The van der Waals surface area contributed by atoms with Crippen LogP contribution in [0.5, 0.6) is 0 Å². The van der Waals surface area contributed by atoms with Gasteiger partial charge < -0.3 is 10.6 Å². The molecule has 0 atom stereocenters. The molecule has 2 amide bonds. The van der Waals surface area contributed by atoms with E-state index in [0.29, 0.717) is 28.9 Å². The van der Waals surface area contributed by atoms with Crippen molar-refractivity contribution in [2.24, 2.45) is 5.92 Å². The number of benzene rings is 2. The minimum absolute atomic E-state index is 0.0634. The molecule has 0 fully saturated rings. The Balaban J connectivity index is 2.20. The third-order valence-electron chi connectivity index (χ3n) is 4.66. The second-order valence-corrected chi connectivity index (χ2v) is 10.0. The molecule has 0 saturated carbocycles. The Morgan fingerprint density at radius 1 is 0.967 bits per heavy atom. The van der Waals surface area contributed by atoms with Crippen molar-refractivity contribution in [1.82, 2.24) is 4.31 Å². The van der Waals surface area contributed by atoms with Crippen molar-refractivity contribution < 1.29 is 18.0 Å². The topological polar surface area (TPSA) is 95.6 Å². The molecule has 2 rings (SSSR count). The molecule has 30 heavy (non-hydrogen) atoms. The second-order valence-electron chi connectivity index (χ2n) is 7.88. The van der Waals surface area contributed by atoms with Crippen molar-refractivity contribution in [3.8, 4) is 0 Å². The number of sulfonamides is 1. The number of anilines is 2. The summed E-state index contributed by atoms with van der Waals surface area (Å²) in [4.78, 5) is 24.7. The van der Waals surface area contributed by atoms with Gasteiger partial charge in [-0.3, -0.25) is 9.59 Å². The molecule has 2 aromatic carbocycles. The number of carbonyl (C=O) groups excluding carboxylic acids is 2. The van der Waals surface area contributed by atoms with E-state index in [4.69, 9.17) is 0 Å². The highest BCUT2D eigenvalue weighted by atomic mass is 32.2. The fourth-order valence-electron chi connectivity index (χ4n) is 2.85. The maximum atomic E-state index is 12.7. The summed E-state index contributed by atoms with van der Waals surface area (Å²) in [7, 11) is -0.758. The quantitative estimate of drug-likeness (QED) is 0.697. The van der Waals surface area contributed by atoms with Crippen LogP contribution >= 0.6 is 0 Å². The number of nitrogens with one attached hydrogen (secondary N) is 2. The number of hydrogen-bond donors (Lipinski definition) is 2. The molecular formula is C22H29N3O4S. The average Bonchev–Trinajstić information content (AvgIpc) is 2.64. The second kappa shape index (κ2) is 9.40. The van der Waals surface area contributed by atoms with Crippen LogP contribution < -0.4 is 10.6 Å². The molecule has 0 aliphatic heterocycles. The highest BCUT2D eigenvalue weighted by molar-refractivity contribution is 7.89. The van der Waals surface area contributed by atoms with Gasteiger partial charge in [0, 0.05) is 37.5 Å². The van der Waals surface area contributed by atoms with Crippen LogP contribution in [-0.2, 0) is 14.8 Å². The summed E-state index contributed by atoms with van der Waals surface area (Å²) in [6.45, 7) is 7.44. The minimum atomic E-state index is -3.67. The summed E-state index contributed by atoms with van der Waals surface area (Å²) in [5, 5.41) is 5.58. The lowest BCUT2D eigenvalue weighted by atomic mass is 10.1.